The van der Waals surface area contributed by atoms with Gasteiger partial charge in [0, 0.05) is 37.9 Å². The van der Waals surface area contributed by atoms with Gasteiger partial charge in [0.05, 0.1) is 29.2 Å². The Labute approximate surface area is 251 Å². The molecule has 0 radical (unpaired) electrons. The minimum atomic E-state index is -0.115. The lowest BCUT2D eigenvalue weighted by Gasteiger charge is -2.43. The quantitative estimate of drug-likeness (QED) is 0.352. The van der Waals surface area contributed by atoms with Crippen molar-refractivity contribution in [3.05, 3.63) is 95.0 Å². The number of amidine groups is 1. The lowest BCUT2D eigenvalue weighted by atomic mass is 10.1. The minimum Gasteiger partial charge on any atom is -0.352 e. The molecule has 1 aliphatic carbocycles. The summed E-state index contributed by atoms with van der Waals surface area (Å²) in [6.45, 7) is 16.6. The maximum Gasteiger partial charge on any atom is 0.227 e. The van der Waals surface area contributed by atoms with Gasteiger partial charge in [-0.25, -0.2) is 4.99 Å². The fraction of sp³-hybridized carbons (Fsp3) is 0.382. The molecule has 222 valence electrons. The molecule has 5 rings (SSSR count). The van der Waals surface area contributed by atoms with E-state index in [-0.39, 0.29) is 11.4 Å². The van der Waals surface area contributed by atoms with Gasteiger partial charge in [-0.05, 0) is 50.3 Å². The number of rotatable bonds is 6. The smallest absolute Gasteiger partial charge is 0.227 e. The van der Waals surface area contributed by atoms with Crippen molar-refractivity contribution in [2.24, 2.45) is 9.98 Å². The van der Waals surface area contributed by atoms with Gasteiger partial charge in [-0.1, -0.05) is 70.2 Å². The van der Waals surface area contributed by atoms with E-state index in [0.29, 0.717) is 31.6 Å². The number of amides is 1. The summed E-state index contributed by atoms with van der Waals surface area (Å²) >= 11 is 0. The Balaban J connectivity index is 0.000000435. The van der Waals surface area contributed by atoms with Crippen LogP contribution in [0.5, 0.6) is 0 Å². The first-order valence-electron chi connectivity index (χ1n) is 14.8. The van der Waals surface area contributed by atoms with Crippen molar-refractivity contribution in [2.75, 3.05) is 26.2 Å². The summed E-state index contributed by atoms with van der Waals surface area (Å²) in [5, 5.41) is 12.1. The van der Waals surface area contributed by atoms with Crippen LogP contribution in [0.4, 0.5) is 0 Å². The first-order valence-corrected chi connectivity index (χ1v) is 14.8. The van der Waals surface area contributed by atoms with E-state index in [2.05, 4.69) is 37.9 Å². The van der Waals surface area contributed by atoms with Crippen LogP contribution in [0.15, 0.2) is 88.3 Å². The highest BCUT2D eigenvalue weighted by molar-refractivity contribution is 6.04. The van der Waals surface area contributed by atoms with Crippen LogP contribution in [-0.4, -0.2) is 66.3 Å². The van der Waals surface area contributed by atoms with E-state index in [4.69, 9.17) is 5.26 Å². The number of nitrogens with zero attached hydrogens (tertiary/aromatic N) is 5. The maximum atomic E-state index is 13.1. The molecule has 1 N–H and O–H groups in total. The van der Waals surface area contributed by atoms with Gasteiger partial charge < -0.3 is 15.1 Å². The minimum absolute atomic E-state index is 0.115. The average Bonchev–Trinajstić information content (AvgIpc) is 3.66. The van der Waals surface area contributed by atoms with Crippen molar-refractivity contribution in [1.29, 1.82) is 5.26 Å². The standard InChI is InChI=1S/C23H26N6O.C7H6O.2C2H6/c1-3-26-21-19(8-11-27-21)22(25-2)28-12-13-29(23(16-28)9-10-23)20(30)14-17-4-6-18(15-24)7-5-17;8-6-7-4-2-1-3-5-7;2*1-2/h4-8,11H,2-3,9-10,12-14,16H2,1H3,(H,26,27);1-6H;2*1-2H3/b22-19+;;;. The van der Waals surface area contributed by atoms with Gasteiger partial charge >= 0.3 is 0 Å². The van der Waals surface area contributed by atoms with Gasteiger partial charge in [-0.2, -0.15) is 5.26 Å². The molecule has 0 unspecified atom stereocenters. The Morgan fingerprint density at radius 2 is 1.74 bits per heavy atom. The van der Waals surface area contributed by atoms with Crippen molar-refractivity contribution >= 4 is 24.7 Å². The Hall–Kier alpha value is -4.51. The van der Waals surface area contributed by atoms with Crippen LogP contribution < -0.4 is 5.32 Å². The van der Waals surface area contributed by atoms with Gasteiger partial charge in [-0.15, -0.1) is 0 Å². The van der Waals surface area contributed by atoms with Gasteiger partial charge in [0.25, 0.3) is 0 Å². The molecule has 1 spiro atoms. The zero-order valence-corrected chi connectivity index (χ0v) is 25.6. The zero-order chi connectivity index (χ0) is 31.0. The first-order chi connectivity index (χ1) is 20.5. The molecule has 2 fully saturated rings. The lowest BCUT2D eigenvalue weighted by molar-refractivity contribution is -0.136. The van der Waals surface area contributed by atoms with Gasteiger partial charge in [0.1, 0.15) is 17.9 Å². The lowest BCUT2D eigenvalue weighted by Crippen LogP contribution is -2.57. The summed E-state index contributed by atoms with van der Waals surface area (Å²) in [5.41, 5.74) is 3.12. The average molecular weight is 569 g/mol. The maximum absolute atomic E-state index is 13.1. The summed E-state index contributed by atoms with van der Waals surface area (Å²) in [6, 6.07) is 18.5. The Kier molecular flexibility index (Phi) is 13.9. The van der Waals surface area contributed by atoms with E-state index < -0.39 is 0 Å². The predicted molar refractivity (Wildman–Crippen MR) is 171 cm³/mol. The predicted octanol–water partition coefficient (Wildman–Crippen LogP) is 5.78. The number of aldehydes is 1. The summed E-state index contributed by atoms with van der Waals surface area (Å²) in [5.74, 6) is 1.80. The molecule has 8 heteroatoms. The molecule has 42 heavy (non-hydrogen) atoms. The molecule has 2 aromatic carbocycles. The van der Waals surface area contributed by atoms with Crippen molar-refractivity contribution in [2.45, 2.75) is 59.4 Å². The van der Waals surface area contributed by atoms with E-state index in [1.54, 1.807) is 24.3 Å². The molecule has 2 aromatic rings. The third-order valence-electron chi connectivity index (χ3n) is 6.89. The Morgan fingerprint density at radius 3 is 2.26 bits per heavy atom. The highest BCUT2D eigenvalue weighted by Gasteiger charge is 2.53. The first kappa shape index (κ1) is 33.7. The summed E-state index contributed by atoms with van der Waals surface area (Å²) < 4.78 is 0. The topological polar surface area (TPSA) is 101 Å². The number of hydrogen-bond acceptors (Lipinski definition) is 6. The molecule has 0 atom stereocenters. The number of nitriles is 1. The zero-order valence-electron chi connectivity index (χ0n) is 25.6. The van der Waals surface area contributed by atoms with E-state index in [0.717, 1.165) is 54.0 Å². The van der Waals surface area contributed by atoms with Crippen LogP contribution in [0.3, 0.4) is 0 Å². The number of carbonyl (C=O) groups excluding carboxylic acids is 2. The normalized spacial score (nSPS) is 17.7. The van der Waals surface area contributed by atoms with Crippen LogP contribution in [0.1, 0.15) is 68.9 Å². The molecule has 0 aromatic heterocycles. The number of aliphatic imine (C=N–C) groups is 2. The molecule has 1 saturated carbocycles. The van der Waals surface area contributed by atoms with Crippen LogP contribution >= 0.6 is 0 Å². The third kappa shape index (κ3) is 8.74. The molecule has 1 amide bonds. The van der Waals surface area contributed by atoms with E-state index in [1.165, 1.54) is 0 Å². The molecular formula is C34H44N6O2. The highest BCUT2D eigenvalue weighted by Crippen LogP contribution is 2.45. The van der Waals surface area contributed by atoms with E-state index in [1.807, 2.05) is 77.2 Å². The SMILES string of the molecule is C=N/C(=C1/C=CNC1=NCC)N1CCN(C(=O)Cc2ccc(C#N)cc2)C2(CC2)C1.CC.CC.O=Cc1ccccc1. The van der Waals surface area contributed by atoms with Crippen molar-refractivity contribution < 1.29 is 9.59 Å². The second-order valence-electron chi connectivity index (χ2n) is 9.40. The Morgan fingerprint density at radius 1 is 1.07 bits per heavy atom. The molecule has 1 saturated heterocycles. The number of benzene rings is 2. The van der Waals surface area contributed by atoms with Gasteiger partial charge in [0.2, 0.25) is 5.91 Å². The monoisotopic (exact) mass is 568 g/mol. The molecule has 0 bridgehead atoms. The molecule has 2 aliphatic heterocycles. The van der Waals surface area contributed by atoms with Crippen LogP contribution in [0.25, 0.3) is 0 Å². The van der Waals surface area contributed by atoms with Crippen molar-refractivity contribution in [3.8, 4) is 6.07 Å². The third-order valence-corrected chi connectivity index (χ3v) is 6.89. The largest absolute Gasteiger partial charge is 0.352 e. The number of piperazine rings is 1. The summed E-state index contributed by atoms with van der Waals surface area (Å²) in [4.78, 5) is 36.2. The summed E-state index contributed by atoms with van der Waals surface area (Å²) in [7, 11) is 0. The molecular weight excluding hydrogens is 524 g/mol. The fourth-order valence-corrected chi connectivity index (χ4v) is 4.80. The van der Waals surface area contributed by atoms with Gasteiger partial charge in [-0.3, -0.25) is 14.6 Å². The van der Waals surface area contributed by atoms with Crippen LogP contribution in [0.2, 0.25) is 0 Å². The van der Waals surface area contributed by atoms with E-state index in [9.17, 15) is 9.59 Å². The molecule has 3 aliphatic rings. The number of carbonyl (C=O) groups is 2. The Bertz CT molecular complexity index is 1300. The van der Waals surface area contributed by atoms with Crippen molar-refractivity contribution in [1.82, 2.24) is 15.1 Å². The fourth-order valence-electron chi connectivity index (χ4n) is 4.80. The highest BCUT2D eigenvalue weighted by atomic mass is 16.2. The van der Waals surface area contributed by atoms with Crippen LogP contribution in [0, 0.1) is 11.3 Å². The van der Waals surface area contributed by atoms with Crippen molar-refractivity contribution in [3.63, 3.8) is 0 Å². The van der Waals surface area contributed by atoms with Gasteiger partial charge in [0.15, 0.2) is 0 Å². The number of nitrogens with one attached hydrogen (secondary N) is 1. The van der Waals surface area contributed by atoms with Crippen LogP contribution in [-0.2, 0) is 11.2 Å². The second-order valence-corrected chi connectivity index (χ2v) is 9.40. The molecule has 2 heterocycles. The number of hydrogen-bond donors (Lipinski definition) is 1. The summed E-state index contributed by atoms with van der Waals surface area (Å²) in [6.07, 6.45) is 7.07. The van der Waals surface area contributed by atoms with E-state index >= 15 is 0 Å². The molecule has 8 nitrogen and oxygen atoms in total. The second kappa shape index (κ2) is 17.3.